The molecule has 6 nitrogen and oxygen atoms in total. The van der Waals surface area contributed by atoms with Gasteiger partial charge in [-0.1, -0.05) is 18.6 Å². The van der Waals surface area contributed by atoms with Crippen molar-refractivity contribution in [3.05, 3.63) is 45.5 Å². The zero-order valence-electron chi connectivity index (χ0n) is 11.1. The van der Waals surface area contributed by atoms with Crippen LogP contribution in [0.4, 0.5) is 0 Å². The van der Waals surface area contributed by atoms with Crippen molar-refractivity contribution in [3.8, 4) is 0 Å². The molecule has 1 aliphatic rings. The van der Waals surface area contributed by atoms with E-state index in [2.05, 4.69) is 0 Å². The Kier molecular flexibility index (Phi) is 4.45. The fourth-order valence-electron chi connectivity index (χ4n) is 2.31. The van der Waals surface area contributed by atoms with Gasteiger partial charge >= 0.3 is 0 Å². The van der Waals surface area contributed by atoms with Crippen LogP contribution in [0.5, 0.6) is 0 Å². The molecular formula is C14H16N2O4. The highest BCUT2D eigenvalue weighted by atomic mass is 16.6. The van der Waals surface area contributed by atoms with Crippen LogP contribution in [0.15, 0.2) is 24.3 Å². The van der Waals surface area contributed by atoms with Crippen molar-refractivity contribution in [3.63, 3.8) is 0 Å². The number of nitro groups is 1. The number of fused-ring (bicyclic) bond motifs is 1. The summed E-state index contributed by atoms with van der Waals surface area (Å²) in [6.07, 6.45) is 2.74. The topological polar surface area (TPSA) is 80.5 Å². The van der Waals surface area contributed by atoms with Crippen LogP contribution >= 0.6 is 0 Å². The van der Waals surface area contributed by atoms with Crippen LogP contribution in [0, 0.1) is 10.1 Å². The van der Waals surface area contributed by atoms with Gasteiger partial charge in [-0.25, -0.2) is 0 Å². The summed E-state index contributed by atoms with van der Waals surface area (Å²) in [6.45, 7) is 0.359. The fraction of sp³-hybridized carbons (Fsp3) is 0.429. The van der Waals surface area contributed by atoms with Crippen molar-refractivity contribution in [2.24, 2.45) is 0 Å². The Bertz CT molecular complexity index is 507. The van der Waals surface area contributed by atoms with E-state index < -0.39 is 0 Å². The van der Waals surface area contributed by atoms with Gasteiger partial charge in [0.05, 0.1) is 11.1 Å². The number of nitrogens with zero attached hydrogens (tertiary/aromatic N) is 2. The number of amides is 2. The maximum atomic E-state index is 12.0. The number of benzene rings is 1. The molecule has 2 rings (SSSR count). The zero-order chi connectivity index (χ0) is 14.5. The van der Waals surface area contributed by atoms with E-state index in [1.165, 1.54) is 4.90 Å². The lowest BCUT2D eigenvalue weighted by Gasteiger charge is -2.13. The lowest BCUT2D eigenvalue weighted by Crippen LogP contribution is -2.30. The number of unbranched alkanes of at least 4 members (excludes halogenated alkanes) is 3. The molecule has 1 aromatic carbocycles. The predicted octanol–water partition coefficient (Wildman–Crippen LogP) is 2.12. The summed E-state index contributed by atoms with van der Waals surface area (Å²) in [4.78, 5) is 35.2. The van der Waals surface area contributed by atoms with Crippen molar-refractivity contribution in [2.75, 3.05) is 13.1 Å². The number of hydrogen-bond acceptors (Lipinski definition) is 4. The van der Waals surface area contributed by atoms with E-state index in [0.29, 0.717) is 30.5 Å². The lowest BCUT2D eigenvalue weighted by molar-refractivity contribution is -0.480. The van der Waals surface area contributed by atoms with Gasteiger partial charge < -0.3 is 0 Å². The van der Waals surface area contributed by atoms with Crippen LogP contribution in [0.1, 0.15) is 46.4 Å². The van der Waals surface area contributed by atoms with E-state index in [0.717, 1.165) is 12.8 Å². The third-order valence-corrected chi connectivity index (χ3v) is 3.35. The van der Waals surface area contributed by atoms with E-state index in [-0.39, 0.29) is 23.3 Å². The van der Waals surface area contributed by atoms with Gasteiger partial charge in [-0.15, -0.1) is 0 Å². The van der Waals surface area contributed by atoms with Gasteiger partial charge in [0, 0.05) is 17.9 Å². The van der Waals surface area contributed by atoms with Gasteiger partial charge in [-0.3, -0.25) is 24.6 Å². The van der Waals surface area contributed by atoms with Gasteiger partial charge in [-0.2, -0.15) is 0 Å². The Morgan fingerprint density at radius 2 is 1.50 bits per heavy atom. The largest absolute Gasteiger partial charge is 0.274 e. The van der Waals surface area contributed by atoms with Gasteiger partial charge in [0.2, 0.25) is 6.54 Å². The minimum absolute atomic E-state index is 0.0208. The Labute approximate surface area is 116 Å². The molecule has 0 unspecified atom stereocenters. The lowest BCUT2D eigenvalue weighted by atomic mass is 10.1. The molecule has 1 heterocycles. The number of rotatable bonds is 7. The van der Waals surface area contributed by atoms with E-state index in [9.17, 15) is 19.7 Å². The van der Waals surface area contributed by atoms with E-state index in [1.807, 2.05) is 0 Å². The van der Waals surface area contributed by atoms with Crippen LogP contribution in [-0.2, 0) is 0 Å². The predicted molar refractivity (Wildman–Crippen MR) is 72.1 cm³/mol. The van der Waals surface area contributed by atoms with E-state index in [1.54, 1.807) is 24.3 Å². The maximum absolute atomic E-state index is 12.0. The molecule has 0 spiro atoms. The van der Waals surface area contributed by atoms with Crippen LogP contribution < -0.4 is 0 Å². The van der Waals surface area contributed by atoms with Crippen LogP contribution in [0.2, 0.25) is 0 Å². The molecule has 0 bridgehead atoms. The molecule has 1 aliphatic heterocycles. The number of hydrogen-bond donors (Lipinski definition) is 0. The molecule has 6 heteroatoms. The van der Waals surface area contributed by atoms with Crippen LogP contribution in [-0.4, -0.2) is 34.7 Å². The van der Waals surface area contributed by atoms with E-state index in [4.69, 9.17) is 0 Å². The Morgan fingerprint density at radius 1 is 0.950 bits per heavy atom. The Balaban J connectivity index is 1.79. The molecule has 2 amide bonds. The zero-order valence-corrected chi connectivity index (χ0v) is 11.1. The number of carbonyl (C=O) groups is 2. The summed E-state index contributed by atoms with van der Waals surface area (Å²) < 4.78 is 0. The molecule has 0 saturated heterocycles. The summed E-state index contributed by atoms with van der Waals surface area (Å²) in [7, 11) is 0. The number of carbonyl (C=O) groups excluding carboxylic acids is 2. The summed E-state index contributed by atoms with van der Waals surface area (Å²) >= 11 is 0. The smallest absolute Gasteiger partial charge is 0.261 e. The second-order valence-corrected chi connectivity index (χ2v) is 4.78. The van der Waals surface area contributed by atoms with Crippen molar-refractivity contribution in [2.45, 2.75) is 25.7 Å². The summed E-state index contributed by atoms with van der Waals surface area (Å²) in [5.41, 5.74) is 0.928. The quantitative estimate of drug-likeness (QED) is 0.330. The first-order valence-corrected chi connectivity index (χ1v) is 6.68. The normalized spacial score (nSPS) is 13.7. The highest BCUT2D eigenvalue weighted by molar-refractivity contribution is 6.21. The molecule has 106 valence electrons. The third-order valence-electron chi connectivity index (χ3n) is 3.35. The van der Waals surface area contributed by atoms with Crippen molar-refractivity contribution in [1.29, 1.82) is 0 Å². The van der Waals surface area contributed by atoms with Crippen LogP contribution in [0.25, 0.3) is 0 Å². The van der Waals surface area contributed by atoms with E-state index >= 15 is 0 Å². The summed E-state index contributed by atoms with van der Waals surface area (Å²) in [6, 6.07) is 6.80. The summed E-state index contributed by atoms with van der Waals surface area (Å²) in [5.74, 6) is -0.480. The van der Waals surface area contributed by atoms with Gasteiger partial charge in [0.25, 0.3) is 11.8 Å². The molecule has 0 saturated carbocycles. The fourth-order valence-corrected chi connectivity index (χ4v) is 2.31. The average Bonchev–Trinajstić information content (AvgIpc) is 2.67. The summed E-state index contributed by atoms with van der Waals surface area (Å²) in [5, 5.41) is 10.2. The number of imide groups is 1. The van der Waals surface area contributed by atoms with Crippen molar-refractivity contribution in [1.82, 2.24) is 4.90 Å². The third kappa shape index (κ3) is 3.01. The van der Waals surface area contributed by atoms with Crippen LogP contribution in [0.3, 0.4) is 0 Å². The molecule has 1 aromatic rings. The van der Waals surface area contributed by atoms with Gasteiger partial charge in [0.1, 0.15) is 0 Å². The van der Waals surface area contributed by atoms with Crippen molar-refractivity contribution < 1.29 is 14.5 Å². The molecular weight excluding hydrogens is 260 g/mol. The first-order chi connectivity index (χ1) is 9.61. The molecule has 20 heavy (non-hydrogen) atoms. The molecule has 0 fully saturated rings. The standard InChI is InChI=1S/C14H16N2O4/c17-13-11-7-3-4-8-12(11)14(18)15(13)9-5-1-2-6-10-16(19)20/h3-4,7-8H,1-2,5-6,9-10H2. The molecule has 0 aliphatic carbocycles. The highest BCUT2D eigenvalue weighted by Crippen LogP contribution is 2.22. The minimum atomic E-state index is -0.329. The van der Waals surface area contributed by atoms with Gasteiger partial charge in [-0.05, 0) is 25.0 Å². The first-order valence-electron chi connectivity index (χ1n) is 6.68. The maximum Gasteiger partial charge on any atom is 0.261 e. The van der Waals surface area contributed by atoms with Gasteiger partial charge in [0.15, 0.2) is 0 Å². The average molecular weight is 276 g/mol. The monoisotopic (exact) mass is 276 g/mol. The Hall–Kier alpha value is -2.24. The highest BCUT2D eigenvalue weighted by Gasteiger charge is 2.34. The second-order valence-electron chi connectivity index (χ2n) is 4.78. The van der Waals surface area contributed by atoms with Crippen molar-refractivity contribution >= 4 is 11.8 Å². The molecule has 0 N–H and O–H groups in total. The first kappa shape index (κ1) is 14.2. The SMILES string of the molecule is O=C1c2ccccc2C(=O)N1CCCCCC[N+](=O)[O-]. The second kappa shape index (κ2) is 6.27. The molecule has 0 aromatic heterocycles. The molecule has 0 atom stereocenters. The Morgan fingerprint density at radius 3 is 2.05 bits per heavy atom. The minimum Gasteiger partial charge on any atom is -0.274 e. The molecule has 0 radical (unpaired) electrons.